The van der Waals surface area contributed by atoms with Crippen LogP contribution in [0.2, 0.25) is 0 Å². The summed E-state index contributed by atoms with van der Waals surface area (Å²) in [6.07, 6.45) is 0. The quantitative estimate of drug-likeness (QED) is 0.896. The van der Waals surface area contributed by atoms with E-state index in [1.54, 1.807) is 24.3 Å². The number of ether oxygens (including phenoxy) is 1. The van der Waals surface area contributed by atoms with Gasteiger partial charge in [0.15, 0.2) is 0 Å². The third-order valence-corrected chi connectivity index (χ3v) is 2.85. The van der Waals surface area contributed by atoms with Crippen molar-refractivity contribution in [3.63, 3.8) is 0 Å². The van der Waals surface area contributed by atoms with Crippen LogP contribution in [-0.4, -0.2) is 27.2 Å². The third-order valence-electron chi connectivity index (χ3n) is 2.85. The zero-order valence-electron chi connectivity index (χ0n) is 11.4. The summed E-state index contributed by atoms with van der Waals surface area (Å²) in [6.45, 7) is 3.32. The summed E-state index contributed by atoms with van der Waals surface area (Å²) in [7, 11) is 0. The number of carboxylic acids is 1. The highest BCUT2D eigenvalue weighted by Gasteiger charge is 2.13. The van der Waals surface area contributed by atoms with Crippen molar-refractivity contribution in [1.82, 2.24) is 9.55 Å². The molecule has 106 valence electrons. The Morgan fingerprint density at radius 1 is 1.40 bits per heavy atom. The summed E-state index contributed by atoms with van der Waals surface area (Å²) in [5.41, 5.74) is 0.447. The van der Waals surface area contributed by atoms with E-state index in [2.05, 4.69) is 4.98 Å². The molecule has 0 spiro atoms. The summed E-state index contributed by atoms with van der Waals surface area (Å²) in [6, 6.07) is 6.99. The molecule has 0 saturated carbocycles. The molecule has 1 aromatic heterocycles. The lowest BCUT2D eigenvalue weighted by molar-refractivity contribution is -0.142. The number of aliphatic carboxylic acids is 1. The van der Waals surface area contributed by atoms with Crippen molar-refractivity contribution in [2.75, 3.05) is 6.61 Å². The van der Waals surface area contributed by atoms with Crippen molar-refractivity contribution in [2.24, 2.45) is 0 Å². The summed E-state index contributed by atoms with van der Waals surface area (Å²) in [4.78, 5) is 27.3. The zero-order valence-corrected chi connectivity index (χ0v) is 11.4. The lowest BCUT2D eigenvalue weighted by Gasteiger charge is -2.16. The fourth-order valence-corrected chi connectivity index (χ4v) is 2.06. The van der Waals surface area contributed by atoms with Gasteiger partial charge in [0.1, 0.15) is 19.0 Å². The summed E-state index contributed by atoms with van der Waals surface area (Å²) >= 11 is 0. The maximum atomic E-state index is 12.4. The van der Waals surface area contributed by atoms with Crippen molar-refractivity contribution >= 4 is 16.9 Å². The van der Waals surface area contributed by atoms with E-state index in [4.69, 9.17) is 9.84 Å². The van der Waals surface area contributed by atoms with Gasteiger partial charge >= 0.3 is 5.97 Å². The van der Waals surface area contributed by atoms with Gasteiger partial charge in [-0.3, -0.25) is 9.36 Å². The minimum Gasteiger partial charge on any atom is -0.480 e. The molecule has 0 aliphatic carbocycles. The lowest BCUT2D eigenvalue weighted by atomic mass is 10.2. The maximum absolute atomic E-state index is 12.4. The van der Waals surface area contributed by atoms with Crippen LogP contribution in [-0.2, 0) is 16.1 Å². The number of aromatic nitrogens is 2. The van der Waals surface area contributed by atoms with Gasteiger partial charge in [-0.1, -0.05) is 12.1 Å². The van der Waals surface area contributed by atoms with E-state index in [-0.39, 0.29) is 18.2 Å². The Morgan fingerprint density at radius 2 is 2.10 bits per heavy atom. The van der Waals surface area contributed by atoms with Crippen LogP contribution < -0.4 is 5.56 Å². The smallest absolute Gasteiger partial charge is 0.329 e. The molecule has 2 aromatic rings. The topological polar surface area (TPSA) is 81.4 Å². The minimum absolute atomic E-state index is 0.00937. The molecule has 0 bridgehead atoms. The van der Waals surface area contributed by atoms with Crippen LogP contribution in [0.5, 0.6) is 0 Å². The number of nitrogens with zero attached hydrogens (tertiary/aromatic N) is 2. The summed E-state index contributed by atoms with van der Waals surface area (Å²) in [5.74, 6) is -0.616. The van der Waals surface area contributed by atoms with E-state index in [0.717, 1.165) is 0 Å². The van der Waals surface area contributed by atoms with Gasteiger partial charge in [0.2, 0.25) is 0 Å². The summed E-state index contributed by atoms with van der Waals surface area (Å²) in [5, 5.41) is 9.13. The first-order chi connectivity index (χ1) is 9.50. The van der Waals surface area contributed by atoms with E-state index < -0.39 is 12.6 Å². The van der Waals surface area contributed by atoms with E-state index in [9.17, 15) is 9.59 Å². The second-order valence-electron chi connectivity index (χ2n) is 4.70. The Morgan fingerprint density at radius 3 is 2.75 bits per heavy atom. The van der Waals surface area contributed by atoms with Crippen LogP contribution >= 0.6 is 0 Å². The van der Waals surface area contributed by atoms with Gasteiger partial charge in [-0.2, -0.15) is 0 Å². The molecule has 0 radical (unpaired) electrons. The van der Waals surface area contributed by atoms with E-state index in [1.165, 1.54) is 4.57 Å². The lowest BCUT2D eigenvalue weighted by Crippen LogP contribution is -2.27. The largest absolute Gasteiger partial charge is 0.480 e. The molecule has 0 aliphatic heterocycles. The average molecular weight is 276 g/mol. The maximum Gasteiger partial charge on any atom is 0.329 e. The van der Waals surface area contributed by atoms with Gasteiger partial charge in [0.25, 0.3) is 5.56 Å². The Balaban J connectivity index is 2.48. The molecule has 20 heavy (non-hydrogen) atoms. The average Bonchev–Trinajstić information content (AvgIpc) is 2.38. The van der Waals surface area contributed by atoms with Gasteiger partial charge in [0, 0.05) is 6.04 Å². The molecule has 1 aromatic carbocycles. The van der Waals surface area contributed by atoms with Gasteiger partial charge in [-0.25, -0.2) is 9.78 Å². The number of benzene rings is 1. The van der Waals surface area contributed by atoms with Crippen molar-refractivity contribution in [3.05, 3.63) is 40.4 Å². The Hall–Kier alpha value is -2.21. The molecule has 6 nitrogen and oxygen atoms in total. The molecule has 1 N–H and O–H groups in total. The predicted molar refractivity (Wildman–Crippen MR) is 73.7 cm³/mol. The number of carboxylic acid groups (broad SMARTS) is 1. The summed E-state index contributed by atoms with van der Waals surface area (Å²) < 4.78 is 6.59. The molecular formula is C14H16N2O4. The molecule has 2 rings (SSSR count). The highest BCUT2D eigenvalue weighted by molar-refractivity contribution is 5.77. The zero-order chi connectivity index (χ0) is 14.7. The van der Waals surface area contributed by atoms with Crippen LogP contribution in [0.4, 0.5) is 0 Å². The molecule has 6 heteroatoms. The van der Waals surface area contributed by atoms with E-state index in [1.807, 2.05) is 13.8 Å². The fraction of sp³-hybridized carbons (Fsp3) is 0.357. The highest BCUT2D eigenvalue weighted by atomic mass is 16.5. The van der Waals surface area contributed by atoms with Gasteiger partial charge in [-0.05, 0) is 26.0 Å². The first-order valence-electron chi connectivity index (χ1n) is 6.30. The Kier molecular flexibility index (Phi) is 4.14. The molecule has 0 atom stereocenters. The van der Waals surface area contributed by atoms with Crippen molar-refractivity contribution < 1.29 is 14.6 Å². The second-order valence-corrected chi connectivity index (χ2v) is 4.70. The van der Waals surface area contributed by atoms with Crippen molar-refractivity contribution in [3.8, 4) is 0 Å². The molecule has 0 amide bonds. The molecule has 0 unspecified atom stereocenters. The van der Waals surface area contributed by atoms with Crippen molar-refractivity contribution in [1.29, 1.82) is 0 Å². The number of carbonyl (C=O) groups is 1. The number of para-hydroxylation sites is 1. The van der Waals surface area contributed by atoms with Crippen LogP contribution in [0.25, 0.3) is 10.9 Å². The van der Waals surface area contributed by atoms with Gasteiger partial charge in [-0.15, -0.1) is 0 Å². The van der Waals surface area contributed by atoms with Crippen molar-refractivity contribution in [2.45, 2.75) is 26.5 Å². The first kappa shape index (κ1) is 14.2. The molecule has 0 saturated heterocycles. The standard InChI is InChI=1S/C14H16N2O4/c1-9(2)16-12(7-20-8-13(17)18)15-11-6-4-3-5-10(11)14(16)19/h3-6,9H,7-8H2,1-2H3,(H,17,18). The number of hydrogen-bond donors (Lipinski definition) is 1. The monoisotopic (exact) mass is 276 g/mol. The molecular weight excluding hydrogens is 260 g/mol. The molecule has 1 heterocycles. The first-order valence-corrected chi connectivity index (χ1v) is 6.30. The van der Waals surface area contributed by atoms with E-state index >= 15 is 0 Å². The number of fused-ring (bicyclic) bond motifs is 1. The Labute approximate surface area is 115 Å². The fourth-order valence-electron chi connectivity index (χ4n) is 2.06. The molecule has 0 aliphatic rings. The van der Waals surface area contributed by atoms with Gasteiger partial charge in [0.05, 0.1) is 10.9 Å². The number of hydrogen-bond acceptors (Lipinski definition) is 4. The van der Waals surface area contributed by atoms with Gasteiger partial charge < -0.3 is 9.84 Å². The van der Waals surface area contributed by atoms with Crippen LogP contribution in [0.15, 0.2) is 29.1 Å². The van der Waals surface area contributed by atoms with Crippen LogP contribution in [0, 0.1) is 0 Å². The van der Waals surface area contributed by atoms with E-state index in [0.29, 0.717) is 16.7 Å². The van der Waals surface area contributed by atoms with Crippen LogP contribution in [0.3, 0.4) is 0 Å². The van der Waals surface area contributed by atoms with Crippen LogP contribution in [0.1, 0.15) is 25.7 Å². The minimum atomic E-state index is -1.05. The predicted octanol–water partition coefficient (Wildman–Crippen LogP) is 1.58. The Bertz CT molecular complexity index is 691. The number of rotatable bonds is 5. The molecule has 0 fully saturated rings. The SMILES string of the molecule is CC(C)n1c(COCC(=O)O)nc2ccccc2c1=O. The third kappa shape index (κ3) is 2.85. The highest BCUT2D eigenvalue weighted by Crippen LogP contribution is 2.12. The normalized spacial score (nSPS) is 11.2. The second kappa shape index (κ2) is 5.83.